The Balaban J connectivity index is 2.03. The second-order valence-electron chi connectivity index (χ2n) is 4.79. The van der Waals surface area contributed by atoms with Crippen LogP contribution in [0.3, 0.4) is 0 Å². The molecule has 0 amide bonds. The summed E-state index contributed by atoms with van der Waals surface area (Å²) in [6, 6.07) is 2.63. The molecule has 3 nitrogen and oxygen atoms in total. The number of nitrogens with one attached hydrogen (secondary N) is 1. The lowest BCUT2D eigenvalue weighted by Crippen LogP contribution is -2.42. The van der Waals surface area contributed by atoms with Crippen molar-refractivity contribution in [1.29, 1.82) is 0 Å². The zero-order valence-corrected chi connectivity index (χ0v) is 12.1. The molecule has 1 N–H and O–H groups in total. The topological polar surface area (TPSA) is 28.2 Å². The predicted molar refractivity (Wildman–Crippen MR) is 75.6 cm³/mol. The summed E-state index contributed by atoms with van der Waals surface area (Å²) < 4.78 is 1.11. The number of nitrogens with zero attached hydrogens (tertiary/aromatic N) is 2. The third-order valence-electron chi connectivity index (χ3n) is 3.33. The number of anilines is 1. The van der Waals surface area contributed by atoms with Crippen LogP contribution in [0.1, 0.15) is 24.8 Å². The number of hydrogen-bond donors (Lipinski definition) is 1. The molecule has 0 aromatic carbocycles. The molecule has 17 heavy (non-hydrogen) atoms. The summed E-state index contributed by atoms with van der Waals surface area (Å²) in [6.07, 6.45) is 5.80. The van der Waals surface area contributed by atoms with Gasteiger partial charge in [0.15, 0.2) is 0 Å². The molecule has 0 saturated carbocycles. The van der Waals surface area contributed by atoms with Gasteiger partial charge in [0, 0.05) is 25.8 Å². The van der Waals surface area contributed by atoms with Crippen molar-refractivity contribution in [1.82, 2.24) is 10.3 Å². The Morgan fingerprint density at radius 2 is 2.35 bits per heavy atom. The van der Waals surface area contributed by atoms with Gasteiger partial charge in [-0.25, -0.2) is 4.98 Å². The molecule has 0 bridgehead atoms. The van der Waals surface area contributed by atoms with Crippen molar-refractivity contribution >= 4 is 21.7 Å². The number of pyridine rings is 1. The first-order valence-electron chi connectivity index (χ1n) is 6.24. The first-order valence-corrected chi connectivity index (χ1v) is 7.03. The van der Waals surface area contributed by atoms with Gasteiger partial charge in [-0.15, -0.1) is 0 Å². The van der Waals surface area contributed by atoms with Crippen molar-refractivity contribution in [3.8, 4) is 0 Å². The summed E-state index contributed by atoms with van der Waals surface area (Å²) in [5, 5.41) is 3.57. The predicted octanol–water partition coefficient (Wildman–Crippen LogP) is 2.73. The van der Waals surface area contributed by atoms with E-state index in [1.54, 1.807) is 0 Å². The van der Waals surface area contributed by atoms with Gasteiger partial charge in [-0.2, -0.15) is 0 Å². The fourth-order valence-electron chi connectivity index (χ4n) is 2.29. The molecule has 1 aliphatic rings. The highest BCUT2D eigenvalue weighted by Crippen LogP contribution is 2.26. The average Bonchev–Trinajstić information content (AvgIpc) is 2.34. The van der Waals surface area contributed by atoms with Crippen molar-refractivity contribution in [2.24, 2.45) is 0 Å². The van der Waals surface area contributed by atoms with Crippen molar-refractivity contribution in [3.63, 3.8) is 0 Å². The fourth-order valence-corrected chi connectivity index (χ4v) is 2.83. The number of halogens is 1. The molecule has 1 aromatic heterocycles. The monoisotopic (exact) mass is 297 g/mol. The van der Waals surface area contributed by atoms with Crippen molar-refractivity contribution in [2.45, 2.75) is 32.2 Å². The molecule has 1 atom stereocenters. The molecule has 4 heteroatoms. The number of aromatic nitrogens is 1. The van der Waals surface area contributed by atoms with Crippen molar-refractivity contribution in [3.05, 3.63) is 22.3 Å². The van der Waals surface area contributed by atoms with E-state index in [4.69, 9.17) is 0 Å². The van der Waals surface area contributed by atoms with E-state index >= 15 is 0 Å². The summed E-state index contributed by atoms with van der Waals surface area (Å²) in [4.78, 5) is 6.69. The highest BCUT2D eigenvalue weighted by atomic mass is 79.9. The quantitative estimate of drug-likeness (QED) is 0.930. The van der Waals surface area contributed by atoms with Gasteiger partial charge in [0.05, 0.1) is 4.47 Å². The van der Waals surface area contributed by atoms with Gasteiger partial charge >= 0.3 is 0 Å². The van der Waals surface area contributed by atoms with Gasteiger partial charge < -0.3 is 10.2 Å². The maximum atomic E-state index is 4.46. The van der Waals surface area contributed by atoms with E-state index in [1.165, 1.54) is 24.8 Å². The minimum absolute atomic E-state index is 0.600. The molecule has 0 radical (unpaired) electrons. The van der Waals surface area contributed by atoms with Gasteiger partial charge in [-0.1, -0.05) is 6.42 Å². The molecule has 1 aromatic rings. The summed E-state index contributed by atoms with van der Waals surface area (Å²) in [7, 11) is 2.11. The number of likely N-dealkylation sites (N-methyl/N-ethyl adjacent to an activating group) is 1. The number of rotatable bonds is 3. The van der Waals surface area contributed by atoms with E-state index in [9.17, 15) is 0 Å². The fraction of sp³-hybridized carbons (Fsp3) is 0.615. The SMILES string of the molecule is Cc1ccnc(N(C)CC2CCCCN2)c1Br. The van der Waals surface area contributed by atoms with Gasteiger partial charge in [0.1, 0.15) is 5.82 Å². The van der Waals surface area contributed by atoms with Gasteiger partial charge in [0.2, 0.25) is 0 Å². The van der Waals surface area contributed by atoms with E-state index < -0.39 is 0 Å². The van der Waals surface area contributed by atoms with E-state index in [2.05, 4.69) is 45.1 Å². The zero-order valence-electron chi connectivity index (χ0n) is 10.5. The Morgan fingerprint density at radius 1 is 1.53 bits per heavy atom. The van der Waals surface area contributed by atoms with Crippen LogP contribution in [0.25, 0.3) is 0 Å². The maximum absolute atomic E-state index is 4.46. The lowest BCUT2D eigenvalue weighted by Gasteiger charge is -2.29. The minimum atomic E-state index is 0.600. The highest BCUT2D eigenvalue weighted by Gasteiger charge is 2.17. The van der Waals surface area contributed by atoms with E-state index in [0.29, 0.717) is 6.04 Å². The largest absolute Gasteiger partial charge is 0.357 e. The molecule has 94 valence electrons. The minimum Gasteiger partial charge on any atom is -0.357 e. The maximum Gasteiger partial charge on any atom is 0.142 e. The zero-order chi connectivity index (χ0) is 12.3. The Kier molecular flexibility index (Phi) is 4.40. The number of aryl methyl sites for hydroxylation is 1. The van der Waals surface area contributed by atoms with Crippen LogP contribution >= 0.6 is 15.9 Å². The van der Waals surface area contributed by atoms with E-state index in [0.717, 1.165) is 23.4 Å². The van der Waals surface area contributed by atoms with Crippen LogP contribution in [-0.4, -0.2) is 31.2 Å². The summed E-state index contributed by atoms with van der Waals surface area (Å²) >= 11 is 3.62. The van der Waals surface area contributed by atoms with Crippen LogP contribution in [0.2, 0.25) is 0 Å². The van der Waals surface area contributed by atoms with E-state index in [-0.39, 0.29) is 0 Å². The highest BCUT2D eigenvalue weighted by molar-refractivity contribution is 9.10. The van der Waals surface area contributed by atoms with Crippen LogP contribution in [0, 0.1) is 6.92 Å². The molecule has 1 unspecified atom stereocenters. The second-order valence-corrected chi connectivity index (χ2v) is 5.59. The summed E-state index contributed by atoms with van der Waals surface area (Å²) in [5.74, 6) is 1.04. The number of piperidine rings is 1. The molecule has 1 aliphatic heterocycles. The van der Waals surface area contributed by atoms with Gasteiger partial charge in [0.25, 0.3) is 0 Å². The number of hydrogen-bond acceptors (Lipinski definition) is 3. The molecule has 0 spiro atoms. The average molecular weight is 298 g/mol. The summed E-state index contributed by atoms with van der Waals surface area (Å²) in [5.41, 5.74) is 1.23. The molecule has 0 aliphatic carbocycles. The normalized spacial score (nSPS) is 20.3. The van der Waals surface area contributed by atoms with Crippen LogP contribution in [-0.2, 0) is 0 Å². The summed E-state index contributed by atoms with van der Waals surface area (Å²) in [6.45, 7) is 4.28. The third-order valence-corrected chi connectivity index (χ3v) is 4.31. The molecule has 2 heterocycles. The Bertz CT molecular complexity index is 375. The first kappa shape index (κ1) is 12.8. The molecule has 2 rings (SSSR count). The molecule has 1 fully saturated rings. The van der Waals surface area contributed by atoms with Crippen molar-refractivity contribution in [2.75, 3.05) is 25.0 Å². The van der Waals surface area contributed by atoms with E-state index in [1.807, 2.05) is 12.3 Å². The first-order chi connectivity index (χ1) is 8.18. The van der Waals surface area contributed by atoms with Crippen LogP contribution in [0.5, 0.6) is 0 Å². The van der Waals surface area contributed by atoms with Crippen LogP contribution in [0.4, 0.5) is 5.82 Å². The van der Waals surface area contributed by atoms with Crippen molar-refractivity contribution < 1.29 is 0 Å². The molecule has 1 saturated heterocycles. The Labute approximate surface area is 112 Å². The Hall–Kier alpha value is -0.610. The third kappa shape index (κ3) is 3.19. The van der Waals surface area contributed by atoms with Crippen LogP contribution in [0.15, 0.2) is 16.7 Å². The molecular formula is C13H20BrN3. The Morgan fingerprint density at radius 3 is 3.06 bits per heavy atom. The smallest absolute Gasteiger partial charge is 0.142 e. The lowest BCUT2D eigenvalue weighted by molar-refractivity contribution is 0.403. The lowest BCUT2D eigenvalue weighted by atomic mass is 10.0. The standard InChI is InChI=1S/C13H20BrN3/c1-10-6-8-16-13(12(10)14)17(2)9-11-5-3-4-7-15-11/h6,8,11,15H,3-5,7,9H2,1-2H3. The van der Waals surface area contributed by atoms with Crippen LogP contribution < -0.4 is 10.2 Å². The van der Waals surface area contributed by atoms with Gasteiger partial charge in [-0.3, -0.25) is 0 Å². The second kappa shape index (κ2) is 5.83. The van der Waals surface area contributed by atoms with Gasteiger partial charge in [-0.05, 0) is 53.9 Å². The molecular weight excluding hydrogens is 278 g/mol.